The molecule has 0 saturated heterocycles. The second-order valence-corrected chi connectivity index (χ2v) is 16.0. The minimum atomic E-state index is -4.94. The SMILES string of the molecule is CC#N.CC#N.Cn1c(CN(Cc2ccccn2)Cc2ccccc2[O-])nc2ccccc21.Cn1c(CN(Cc2ccccn2)Cc2ccccc2[O-])nc2ccccc21.[Cu+2].[Cu+2].[O-][Cl+3]([O-])([O-])[O-].[O-][Cl+3]([O-])([O-])[O-]. The molecule has 0 saturated carbocycles. The van der Waals surface area contributed by atoms with Crippen LogP contribution in [0.2, 0.25) is 0 Å². The summed E-state index contributed by atoms with van der Waals surface area (Å²) < 4.78 is 72.2. The molecule has 0 atom stereocenters. The van der Waals surface area contributed by atoms with E-state index in [1.807, 2.05) is 111 Å². The standard InChI is InChI=1S/2C22H22N4O.2C2H3N.2ClHO4.2Cu/c2*1-25-20-11-4-3-10-19(20)24-22(25)16-26(15-18-9-6-7-13-23-18)14-17-8-2-5-12-21(17)27;2*1-2-3;2*2-1(3,4)5;;/h2*2-13,27H,14-16H2,1H3;2*1H3;2*(H,2,3,4,5);;/q;;;;;;2*+2/p-4. The van der Waals surface area contributed by atoms with Gasteiger partial charge in [-0.05, 0) is 59.7 Å². The van der Waals surface area contributed by atoms with Crippen LogP contribution in [0, 0.1) is 43.1 Å². The number of nitrogens with zero attached hydrogens (tertiary/aromatic N) is 10. The van der Waals surface area contributed by atoms with Gasteiger partial charge in [0.15, 0.2) is 0 Å². The molecule has 4 heterocycles. The predicted molar refractivity (Wildman–Crippen MR) is 230 cm³/mol. The number of hydrogen-bond acceptors (Lipinski definition) is 18. The van der Waals surface area contributed by atoms with E-state index in [0.29, 0.717) is 39.3 Å². The van der Waals surface area contributed by atoms with Crippen molar-refractivity contribution >= 4 is 22.1 Å². The van der Waals surface area contributed by atoms with Crippen LogP contribution in [0.5, 0.6) is 11.5 Å². The number of nitriles is 2. The molecule has 0 unspecified atom stereocenters. The smallest absolute Gasteiger partial charge is 0.872 e. The number of halogens is 2. The summed E-state index contributed by atoms with van der Waals surface area (Å²) in [5.41, 5.74) is 7.69. The zero-order valence-corrected chi connectivity index (χ0v) is 42.4. The quantitative estimate of drug-likeness (QED) is 0.120. The van der Waals surface area contributed by atoms with E-state index in [4.69, 9.17) is 57.8 Å². The maximum Gasteiger partial charge on any atom is 2.00 e. The zero-order chi connectivity index (χ0) is 51.7. The first-order valence-electron chi connectivity index (χ1n) is 20.6. The molecule has 0 aliphatic rings. The van der Waals surface area contributed by atoms with E-state index in [1.54, 1.807) is 48.8 Å². The molecular weight excluding hydrogens is 1070 g/mol. The first kappa shape index (κ1) is 63.9. The van der Waals surface area contributed by atoms with Crippen molar-refractivity contribution in [3.8, 4) is 23.6 Å². The summed E-state index contributed by atoms with van der Waals surface area (Å²) >= 11 is 0. The summed E-state index contributed by atoms with van der Waals surface area (Å²) in [7, 11) is -5.82. The van der Waals surface area contributed by atoms with Gasteiger partial charge in [0.25, 0.3) is 0 Å². The third-order valence-electron chi connectivity index (χ3n) is 9.45. The van der Waals surface area contributed by atoms with Crippen molar-refractivity contribution in [2.24, 2.45) is 14.1 Å². The van der Waals surface area contributed by atoms with E-state index in [1.165, 1.54) is 13.8 Å². The minimum Gasteiger partial charge on any atom is -0.872 e. The van der Waals surface area contributed by atoms with Crippen LogP contribution in [0.15, 0.2) is 146 Å². The topological polar surface area (TPSA) is 346 Å². The average molecular weight is 1120 g/mol. The molecule has 20 nitrogen and oxygen atoms in total. The Morgan fingerprint density at radius 2 is 0.750 bits per heavy atom. The number of fused-ring (bicyclic) bond motifs is 2. The van der Waals surface area contributed by atoms with Gasteiger partial charge in [-0.25, -0.2) is 47.2 Å². The van der Waals surface area contributed by atoms with Gasteiger partial charge >= 0.3 is 34.1 Å². The molecule has 0 bridgehead atoms. The van der Waals surface area contributed by atoms with Gasteiger partial charge < -0.3 is 19.3 Å². The normalized spacial score (nSPS) is 10.4. The fraction of sp³-hybridized carbons (Fsp3) is 0.208. The van der Waals surface area contributed by atoms with E-state index in [2.05, 4.69) is 41.0 Å². The van der Waals surface area contributed by atoms with E-state index >= 15 is 0 Å². The van der Waals surface area contributed by atoms with Crippen molar-refractivity contribution in [2.75, 3.05) is 0 Å². The monoisotopic (exact) mass is 1120 g/mol. The largest absolute Gasteiger partial charge is 2.00 e. The van der Waals surface area contributed by atoms with Crippen LogP contribution in [-0.4, -0.2) is 38.9 Å². The fourth-order valence-corrected chi connectivity index (χ4v) is 6.60. The van der Waals surface area contributed by atoms with Crippen molar-refractivity contribution in [3.05, 3.63) is 180 Å². The summed E-state index contributed by atoms with van der Waals surface area (Å²) in [5.74, 6) is 2.06. The molecule has 72 heavy (non-hydrogen) atoms. The van der Waals surface area contributed by atoms with Crippen molar-refractivity contribution in [3.63, 3.8) is 0 Å². The molecule has 8 rings (SSSR count). The van der Waals surface area contributed by atoms with E-state index in [9.17, 15) is 10.2 Å². The van der Waals surface area contributed by atoms with Gasteiger partial charge in [0, 0.05) is 66.5 Å². The Morgan fingerprint density at radius 1 is 0.458 bits per heavy atom. The summed E-state index contributed by atoms with van der Waals surface area (Å²) in [6, 6.07) is 45.9. The molecule has 8 aromatic rings. The maximum atomic E-state index is 12.2. The average Bonchev–Trinajstić information content (AvgIpc) is 3.79. The van der Waals surface area contributed by atoms with Crippen LogP contribution in [0.4, 0.5) is 0 Å². The summed E-state index contributed by atoms with van der Waals surface area (Å²) in [6.45, 7) is 6.54. The molecule has 0 N–H and O–H groups in total. The molecule has 0 amide bonds. The second-order valence-electron chi connectivity index (χ2n) is 14.5. The Labute approximate surface area is 442 Å². The van der Waals surface area contributed by atoms with Crippen LogP contribution in [-0.2, 0) is 87.5 Å². The van der Waals surface area contributed by atoms with Gasteiger partial charge in [0.2, 0.25) is 0 Å². The molecular formula is C48H48Cl2Cu2N10O10. The fourth-order valence-electron chi connectivity index (χ4n) is 6.60. The van der Waals surface area contributed by atoms with E-state index in [-0.39, 0.29) is 45.6 Å². The Bertz CT molecular complexity index is 2670. The van der Waals surface area contributed by atoms with Crippen LogP contribution in [0.1, 0.15) is 48.0 Å². The molecule has 2 radical (unpaired) electrons. The number of imidazole rings is 2. The molecule has 0 aliphatic heterocycles. The van der Waals surface area contributed by atoms with Gasteiger partial charge in [-0.3, -0.25) is 19.8 Å². The number of hydrogen-bond donors (Lipinski definition) is 0. The number of aryl methyl sites for hydroxylation is 2. The van der Waals surface area contributed by atoms with Crippen LogP contribution >= 0.6 is 0 Å². The predicted octanol–water partition coefficient (Wildman–Crippen LogP) is -1.97. The van der Waals surface area contributed by atoms with Gasteiger partial charge in [0.05, 0.1) is 58.7 Å². The zero-order valence-electron chi connectivity index (χ0n) is 39.0. The summed E-state index contributed by atoms with van der Waals surface area (Å²) in [6.07, 6.45) is 3.59. The minimum absolute atomic E-state index is 0. The van der Waals surface area contributed by atoms with Crippen molar-refractivity contribution in [1.29, 1.82) is 10.5 Å². The van der Waals surface area contributed by atoms with Crippen LogP contribution < -0.4 is 47.5 Å². The Kier molecular flexibility index (Phi) is 29.1. The molecule has 0 fully saturated rings. The van der Waals surface area contributed by atoms with Gasteiger partial charge in [0.1, 0.15) is 11.6 Å². The second kappa shape index (κ2) is 32.8. The molecule has 4 aromatic heterocycles. The van der Waals surface area contributed by atoms with Gasteiger partial charge in [-0.15, -0.1) is 32.0 Å². The van der Waals surface area contributed by atoms with Crippen molar-refractivity contribution in [1.82, 2.24) is 38.9 Å². The van der Waals surface area contributed by atoms with Crippen molar-refractivity contribution in [2.45, 2.75) is 53.1 Å². The Balaban J connectivity index is 0.000000544. The first-order chi connectivity index (χ1) is 33.2. The molecule has 0 spiro atoms. The molecule has 386 valence electrons. The number of para-hydroxylation sites is 6. The number of benzene rings is 4. The third-order valence-corrected chi connectivity index (χ3v) is 9.45. The number of rotatable bonds is 12. The third kappa shape index (κ3) is 24.4. The molecule has 24 heteroatoms. The first-order valence-corrected chi connectivity index (χ1v) is 23.1. The van der Waals surface area contributed by atoms with E-state index < -0.39 is 20.5 Å². The summed E-state index contributed by atoms with van der Waals surface area (Å²) in [5, 5.41) is 39.0. The Morgan fingerprint density at radius 3 is 1.04 bits per heavy atom. The number of aromatic nitrogens is 6. The van der Waals surface area contributed by atoms with E-state index in [0.717, 1.165) is 56.2 Å². The van der Waals surface area contributed by atoms with Crippen LogP contribution in [0.3, 0.4) is 0 Å². The molecule has 4 aromatic carbocycles. The molecule has 0 aliphatic carbocycles. The summed E-state index contributed by atoms with van der Waals surface area (Å²) in [4.78, 5) is 22.9. The maximum absolute atomic E-state index is 12.2. The van der Waals surface area contributed by atoms with Crippen LogP contribution in [0.25, 0.3) is 22.1 Å². The number of pyridine rings is 2. The van der Waals surface area contributed by atoms with Gasteiger partial charge in [-0.1, -0.05) is 84.9 Å². The van der Waals surface area contributed by atoms with Crippen molar-refractivity contribution < 1.29 is 102 Å². The Hall–Kier alpha value is -6.08. The van der Waals surface area contributed by atoms with Gasteiger partial charge in [-0.2, -0.15) is 10.5 Å².